The molecule has 0 radical (unpaired) electrons. The fourth-order valence-corrected chi connectivity index (χ4v) is 2.75. The number of aromatic nitrogens is 1. The Bertz CT molecular complexity index is 761. The maximum absolute atomic E-state index is 12.2. The van der Waals surface area contributed by atoms with E-state index >= 15 is 0 Å². The molecule has 2 heterocycles. The third-order valence-corrected chi connectivity index (χ3v) is 4.13. The SMILES string of the molecule is C[C@@H](NC(=O)N[C@H](C)c1ccc2c(c1)CC(=O)N2)c1cccnc1. The Hall–Kier alpha value is -2.89. The Morgan fingerprint density at radius 3 is 2.62 bits per heavy atom. The zero-order chi connectivity index (χ0) is 17.1. The van der Waals surface area contributed by atoms with Crippen LogP contribution in [0.3, 0.4) is 0 Å². The number of nitrogens with zero attached hydrogens (tertiary/aromatic N) is 1. The summed E-state index contributed by atoms with van der Waals surface area (Å²) in [5.41, 5.74) is 3.73. The maximum atomic E-state index is 12.2. The fourth-order valence-electron chi connectivity index (χ4n) is 2.75. The van der Waals surface area contributed by atoms with Crippen molar-refractivity contribution in [1.29, 1.82) is 0 Å². The van der Waals surface area contributed by atoms with Crippen LogP contribution in [0.15, 0.2) is 42.7 Å². The van der Waals surface area contributed by atoms with Crippen LogP contribution in [0.4, 0.5) is 10.5 Å². The lowest BCUT2D eigenvalue weighted by molar-refractivity contribution is -0.115. The molecule has 3 amide bonds. The van der Waals surface area contributed by atoms with Crippen LogP contribution in [0.2, 0.25) is 0 Å². The minimum Gasteiger partial charge on any atom is -0.332 e. The molecule has 0 aliphatic carbocycles. The molecule has 3 N–H and O–H groups in total. The van der Waals surface area contributed by atoms with Gasteiger partial charge in [0.2, 0.25) is 5.91 Å². The van der Waals surface area contributed by atoms with Crippen LogP contribution in [0.25, 0.3) is 0 Å². The van der Waals surface area contributed by atoms with Gasteiger partial charge in [-0.3, -0.25) is 9.78 Å². The molecule has 1 aliphatic rings. The maximum Gasteiger partial charge on any atom is 0.315 e. The average molecular weight is 324 g/mol. The number of hydrogen-bond donors (Lipinski definition) is 3. The number of urea groups is 1. The van der Waals surface area contributed by atoms with Gasteiger partial charge in [0.05, 0.1) is 18.5 Å². The van der Waals surface area contributed by atoms with E-state index in [9.17, 15) is 9.59 Å². The number of pyridine rings is 1. The first-order chi connectivity index (χ1) is 11.5. The molecule has 0 saturated carbocycles. The topological polar surface area (TPSA) is 83.1 Å². The molecule has 0 fully saturated rings. The number of nitrogens with one attached hydrogen (secondary N) is 3. The Labute approximate surface area is 140 Å². The Balaban J connectivity index is 1.60. The van der Waals surface area contributed by atoms with E-state index in [1.807, 2.05) is 44.2 Å². The molecule has 0 bridgehead atoms. The van der Waals surface area contributed by atoms with Gasteiger partial charge < -0.3 is 16.0 Å². The molecule has 1 aromatic carbocycles. The number of rotatable bonds is 4. The van der Waals surface area contributed by atoms with Gasteiger partial charge in [-0.15, -0.1) is 0 Å². The van der Waals surface area contributed by atoms with E-state index in [1.165, 1.54) is 0 Å². The van der Waals surface area contributed by atoms with Gasteiger partial charge in [0.25, 0.3) is 0 Å². The minimum absolute atomic E-state index is 0.00537. The van der Waals surface area contributed by atoms with E-state index in [0.29, 0.717) is 6.42 Å². The van der Waals surface area contributed by atoms with Crippen molar-refractivity contribution in [2.75, 3.05) is 5.32 Å². The van der Waals surface area contributed by atoms with Gasteiger partial charge in [-0.2, -0.15) is 0 Å². The zero-order valence-corrected chi connectivity index (χ0v) is 13.7. The van der Waals surface area contributed by atoms with Crippen molar-refractivity contribution in [3.8, 4) is 0 Å². The van der Waals surface area contributed by atoms with E-state index in [2.05, 4.69) is 20.9 Å². The van der Waals surface area contributed by atoms with Gasteiger partial charge in [-0.25, -0.2) is 4.79 Å². The number of carbonyl (C=O) groups is 2. The molecule has 0 unspecified atom stereocenters. The second kappa shape index (κ2) is 6.70. The van der Waals surface area contributed by atoms with Crippen LogP contribution in [0, 0.1) is 0 Å². The van der Waals surface area contributed by atoms with Crippen molar-refractivity contribution in [1.82, 2.24) is 15.6 Å². The van der Waals surface area contributed by atoms with E-state index < -0.39 is 0 Å². The number of anilines is 1. The van der Waals surface area contributed by atoms with Crippen molar-refractivity contribution in [3.63, 3.8) is 0 Å². The summed E-state index contributed by atoms with van der Waals surface area (Å²) in [6.45, 7) is 3.83. The predicted octanol–water partition coefficient (Wildman–Crippen LogP) is 2.70. The Morgan fingerprint density at radius 2 is 1.92 bits per heavy atom. The molecule has 0 spiro atoms. The molecule has 0 saturated heterocycles. The summed E-state index contributed by atoms with van der Waals surface area (Å²) < 4.78 is 0. The normalized spacial score (nSPS) is 15.2. The van der Waals surface area contributed by atoms with E-state index in [1.54, 1.807) is 12.4 Å². The van der Waals surface area contributed by atoms with Crippen LogP contribution in [0.5, 0.6) is 0 Å². The van der Waals surface area contributed by atoms with Crippen LogP contribution in [-0.2, 0) is 11.2 Å². The first-order valence-electron chi connectivity index (χ1n) is 7.92. The van der Waals surface area contributed by atoms with Crippen molar-refractivity contribution in [3.05, 3.63) is 59.4 Å². The van der Waals surface area contributed by atoms with Crippen molar-refractivity contribution in [2.24, 2.45) is 0 Å². The van der Waals surface area contributed by atoms with Gasteiger partial charge in [-0.1, -0.05) is 18.2 Å². The van der Waals surface area contributed by atoms with Crippen LogP contribution < -0.4 is 16.0 Å². The standard InChI is InChI=1S/C18H20N4O2/c1-11(13-5-6-16-15(8-13)9-17(23)22-16)20-18(24)21-12(2)14-4-3-7-19-10-14/h3-8,10-12H,9H2,1-2H3,(H,22,23)(H2,20,21,24)/t11-,12-/m1/s1. The molecule has 24 heavy (non-hydrogen) atoms. The van der Waals surface area contributed by atoms with Gasteiger partial charge in [0.15, 0.2) is 0 Å². The van der Waals surface area contributed by atoms with Gasteiger partial charge in [-0.05, 0) is 42.7 Å². The molecular formula is C18H20N4O2. The molecule has 1 aliphatic heterocycles. The quantitative estimate of drug-likeness (QED) is 0.808. The number of fused-ring (bicyclic) bond motifs is 1. The first kappa shape index (κ1) is 16.0. The summed E-state index contributed by atoms with van der Waals surface area (Å²) in [5.74, 6) is 0.00537. The molecule has 1 aromatic heterocycles. The van der Waals surface area contributed by atoms with Crippen molar-refractivity contribution in [2.45, 2.75) is 32.4 Å². The second-order valence-electron chi connectivity index (χ2n) is 5.99. The molecule has 6 nitrogen and oxygen atoms in total. The molecule has 3 rings (SSSR count). The molecule has 2 aromatic rings. The van der Waals surface area contributed by atoms with E-state index in [4.69, 9.17) is 0 Å². The van der Waals surface area contributed by atoms with Gasteiger partial charge in [0.1, 0.15) is 0 Å². The highest BCUT2D eigenvalue weighted by molar-refractivity contribution is 5.99. The molecule has 124 valence electrons. The third-order valence-electron chi connectivity index (χ3n) is 4.13. The highest BCUT2D eigenvalue weighted by Gasteiger charge is 2.19. The molecule has 6 heteroatoms. The van der Waals surface area contributed by atoms with Crippen molar-refractivity contribution >= 4 is 17.6 Å². The Kier molecular flexibility index (Phi) is 4.46. The van der Waals surface area contributed by atoms with Crippen LogP contribution >= 0.6 is 0 Å². The largest absolute Gasteiger partial charge is 0.332 e. The fraction of sp³-hybridized carbons (Fsp3) is 0.278. The summed E-state index contributed by atoms with van der Waals surface area (Å²) in [7, 11) is 0. The molecular weight excluding hydrogens is 304 g/mol. The third kappa shape index (κ3) is 3.53. The summed E-state index contributed by atoms with van der Waals surface area (Å²) in [4.78, 5) is 27.7. The summed E-state index contributed by atoms with van der Waals surface area (Å²) in [6, 6.07) is 8.99. The molecule has 2 atom stereocenters. The van der Waals surface area contributed by atoms with Gasteiger partial charge in [0, 0.05) is 18.1 Å². The number of amides is 3. The lowest BCUT2D eigenvalue weighted by Crippen LogP contribution is -2.38. The van der Waals surface area contributed by atoms with Crippen LogP contribution in [0.1, 0.15) is 42.6 Å². The number of hydrogen-bond acceptors (Lipinski definition) is 3. The lowest BCUT2D eigenvalue weighted by atomic mass is 10.0. The van der Waals surface area contributed by atoms with E-state index in [0.717, 1.165) is 22.4 Å². The second-order valence-corrected chi connectivity index (χ2v) is 5.99. The summed E-state index contributed by atoms with van der Waals surface area (Å²) >= 11 is 0. The van der Waals surface area contributed by atoms with Crippen LogP contribution in [-0.4, -0.2) is 16.9 Å². The smallest absolute Gasteiger partial charge is 0.315 e. The lowest BCUT2D eigenvalue weighted by Gasteiger charge is -2.19. The summed E-state index contributed by atoms with van der Waals surface area (Å²) in [5, 5.41) is 8.63. The summed E-state index contributed by atoms with van der Waals surface area (Å²) in [6.07, 6.45) is 3.82. The highest BCUT2D eigenvalue weighted by Crippen LogP contribution is 2.26. The van der Waals surface area contributed by atoms with Gasteiger partial charge >= 0.3 is 6.03 Å². The number of benzene rings is 1. The highest BCUT2D eigenvalue weighted by atomic mass is 16.2. The minimum atomic E-state index is -0.242. The monoisotopic (exact) mass is 324 g/mol. The zero-order valence-electron chi connectivity index (χ0n) is 13.7. The number of carbonyl (C=O) groups excluding carboxylic acids is 2. The Morgan fingerprint density at radius 1 is 1.17 bits per heavy atom. The van der Waals surface area contributed by atoms with Crippen molar-refractivity contribution < 1.29 is 9.59 Å². The first-order valence-corrected chi connectivity index (χ1v) is 7.92. The predicted molar refractivity (Wildman–Crippen MR) is 91.5 cm³/mol. The van der Waals surface area contributed by atoms with E-state index in [-0.39, 0.29) is 24.0 Å². The average Bonchev–Trinajstić information content (AvgIpc) is 2.94.